The summed E-state index contributed by atoms with van der Waals surface area (Å²) < 4.78 is 88.9. The second-order valence-corrected chi connectivity index (χ2v) is 12.8. The lowest BCUT2D eigenvalue weighted by Gasteiger charge is -2.24. The van der Waals surface area contributed by atoms with Crippen molar-refractivity contribution < 1.29 is 26.3 Å². The Balaban J connectivity index is 1.62. The number of aryl methyl sites for hydroxylation is 2. The Morgan fingerprint density at radius 1 is 0.288 bits per heavy atom. The van der Waals surface area contributed by atoms with E-state index in [1.165, 1.54) is 12.1 Å². The second-order valence-electron chi connectivity index (χ2n) is 12.8. The molecule has 7 aromatic carbocycles. The predicted molar refractivity (Wildman–Crippen MR) is 199 cm³/mol. The summed E-state index contributed by atoms with van der Waals surface area (Å²) in [6.45, 7) is 4.05. The molecule has 0 atom stereocenters. The van der Waals surface area contributed by atoms with Crippen molar-refractivity contribution >= 4 is 0 Å². The maximum absolute atomic E-state index is 15.1. The zero-order valence-corrected chi connectivity index (χ0v) is 28.3. The summed E-state index contributed by atoms with van der Waals surface area (Å²) in [5, 5.41) is 0. The molecule has 0 N–H and O–H groups in total. The number of hydrogen-bond donors (Lipinski definition) is 0. The normalized spacial score (nSPS) is 11.8. The van der Waals surface area contributed by atoms with Crippen LogP contribution < -0.4 is 0 Å². The summed E-state index contributed by atoms with van der Waals surface area (Å²) in [6.07, 6.45) is -10.1. The first-order valence-corrected chi connectivity index (χ1v) is 16.7. The van der Waals surface area contributed by atoms with Gasteiger partial charge < -0.3 is 0 Å². The van der Waals surface area contributed by atoms with Crippen LogP contribution in [-0.4, -0.2) is 0 Å². The summed E-state index contributed by atoms with van der Waals surface area (Å²) in [4.78, 5) is 0. The van der Waals surface area contributed by atoms with Crippen LogP contribution in [0.1, 0.15) is 22.3 Å². The zero-order chi connectivity index (χ0) is 36.6. The van der Waals surface area contributed by atoms with E-state index in [1.54, 1.807) is 48.5 Å². The molecule has 7 aromatic rings. The van der Waals surface area contributed by atoms with Crippen molar-refractivity contribution in [1.82, 2.24) is 0 Å². The monoisotopic (exact) mass is 698 g/mol. The summed E-state index contributed by atoms with van der Waals surface area (Å²) >= 11 is 0. The average Bonchev–Trinajstić information content (AvgIpc) is 3.14. The van der Waals surface area contributed by atoms with E-state index in [-0.39, 0.29) is 28.3 Å². The molecule has 0 nitrogen and oxygen atoms in total. The standard InChI is InChI=1S/C46H32F6/c1-29-23-30(2)36(24-35(29)31-15-7-3-8-16-31)40-25-38(33-19-11-5-12-20-33)41(26-37(40)32-17-9-4-10-18-32)42-27-39(34-21-13-6-14-22-34)43(45(47,48)49)28-44(42)46(50,51)52/h3-28H,1-2H3. The smallest absolute Gasteiger partial charge is 0.166 e. The number of benzene rings is 7. The van der Waals surface area contributed by atoms with Gasteiger partial charge in [-0.1, -0.05) is 127 Å². The van der Waals surface area contributed by atoms with Crippen molar-refractivity contribution in [2.24, 2.45) is 0 Å². The molecule has 0 bridgehead atoms. The van der Waals surface area contributed by atoms with E-state index in [2.05, 4.69) is 12.1 Å². The van der Waals surface area contributed by atoms with E-state index in [1.807, 2.05) is 86.6 Å². The second kappa shape index (κ2) is 13.7. The average molecular weight is 699 g/mol. The Labute approximate surface area is 298 Å². The molecule has 0 unspecified atom stereocenters. The number of alkyl halides is 6. The molecular weight excluding hydrogens is 666 g/mol. The van der Waals surface area contributed by atoms with Gasteiger partial charge in [0.25, 0.3) is 0 Å². The minimum atomic E-state index is -5.10. The molecule has 0 radical (unpaired) electrons. The molecule has 258 valence electrons. The lowest BCUT2D eigenvalue weighted by atomic mass is 9.81. The van der Waals surface area contributed by atoms with Crippen molar-refractivity contribution in [1.29, 1.82) is 0 Å². The van der Waals surface area contributed by atoms with E-state index >= 15 is 13.2 Å². The third-order valence-corrected chi connectivity index (χ3v) is 9.42. The van der Waals surface area contributed by atoms with Gasteiger partial charge in [-0.15, -0.1) is 0 Å². The van der Waals surface area contributed by atoms with Crippen LogP contribution >= 0.6 is 0 Å². The first-order chi connectivity index (χ1) is 24.9. The summed E-state index contributed by atoms with van der Waals surface area (Å²) in [6, 6.07) is 45.2. The minimum Gasteiger partial charge on any atom is -0.166 e. The molecule has 0 saturated heterocycles. The Hall–Kier alpha value is -5.88. The zero-order valence-electron chi connectivity index (χ0n) is 28.3. The minimum absolute atomic E-state index is 0.162. The quantitative estimate of drug-likeness (QED) is 0.152. The van der Waals surface area contributed by atoms with Gasteiger partial charge in [0.2, 0.25) is 0 Å². The van der Waals surface area contributed by atoms with Gasteiger partial charge in [0.05, 0.1) is 11.1 Å². The van der Waals surface area contributed by atoms with Gasteiger partial charge in [0.1, 0.15) is 0 Å². The molecule has 0 fully saturated rings. The van der Waals surface area contributed by atoms with Gasteiger partial charge >= 0.3 is 12.4 Å². The van der Waals surface area contributed by atoms with Crippen LogP contribution in [0.5, 0.6) is 0 Å². The van der Waals surface area contributed by atoms with Gasteiger partial charge in [-0.25, -0.2) is 0 Å². The van der Waals surface area contributed by atoms with E-state index in [0.29, 0.717) is 16.7 Å². The van der Waals surface area contributed by atoms with Gasteiger partial charge in [0, 0.05) is 0 Å². The molecule has 0 heterocycles. The van der Waals surface area contributed by atoms with Crippen molar-refractivity contribution in [2.75, 3.05) is 0 Å². The van der Waals surface area contributed by atoms with E-state index in [9.17, 15) is 13.2 Å². The Morgan fingerprint density at radius 3 is 1.02 bits per heavy atom. The first-order valence-electron chi connectivity index (χ1n) is 16.7. The van der Waals surface area contributed by atoms with Crippen molar-refractivity contribution in [3.63, 3.8) is 0 Å². The van der Waals surface area contributed by atoms with E-state index < -0.39 is 23.5 Å². The Kier molecular flexibility index (Phi) is 9.09. The molecule has 0 aliphatic rings. The predicted octanol–water partition coefficient (Wildman–Crippen LogP) is 14.3. The summed E-state index contributed by atoms with van der Waals surface area (Å²) in [7, 11) is 0. The third kappa shape index (κ3) is 6.76. The van der Waals surface area contributed by atoms with Crippen LogP contribution in [0.25, 0.3) is 66.8 Å². The fourth-order valence-corrected chi connectivity index (χ4v) is 6.98. The lowest BCUT2D eigenvalue weighted by molar-refractivity contribution is -0.142. The molecule has 0 amide bonds. The molecular formula is C46H32F6. The van der Waals surface area contributed by atoms with Crippen LogP contribution in [0.4, 0.5) is 26.3 Å². The SMILES string of the molecule is Cc1cc(C)c(-c2cc(-c3ccccc3)c(-c3cc(-c4ccccc4)c(C(F)(F)F)cc3C(F)(F)F)cc2-c2ccccc2)cc1-c1ccccc1. The molecule has 6 heteroatoms. The number of halogens is 6. The topological polar surface area (TPSA) is 0 Å². The molecule has 0 saturated carbocycles. The van der Waals surface area contributed by atoms with Gasteiger partial charge in [0.15, 0.2) is 0 Å². The highest BCUT2D eigenvalue weighted by Gasteiger charge is 2.41. The van der Waals surface area contributed by atoms with Gasteiger partial charge in [-0.3, -0.25) is 0 Å². The Morgan fingerprint density at radius 2 is 0.596 bits per heavy atom. The molecule has 0 aromatic heterocycles. The highest BCUT2D eigenvalue weighted by atomic mass is 19.4. The van der Waals surface area contributed by atoms with Gasteiger partial charge in [-0.05, 0) is 122 Å². The maximum atomic E-state index is 15.1. The molecule has 7 rings (SSSR count). The lowest BCUT2D eigenvalue weighted by Crippen LogP contribution is -2.14. The highest BCUT2D eigenvalue weighted by molar-refractivity contribution is 5.98. The van der Waals surface area contributed by atoms with Crippen LogP contribution in [0, 0.1) is 13.8 Å². The van der Waals surface area contributed by atoms with E-state index in [4.69, 9.17) is 0 Å². The van der Waals surface area contributed by atoms with Crippen LogP contribution in [0.2, 0.25) is 0 Å². The third-order valence-electron chi connectivity index (χ3n) is 9.42. The van der Waals surface area contributed by atoms with Crippen LogP contribution in [0.3, 0.4) is 0 Å². The molecule has 0 aliphatic carbocycles. The van der Waals surface area contributed by atoms with Crippen LogP contribution in [-0.2, 0) is 12.4 Å². The number of hydrogen-bond acceptors (Lipinski definition) is 0. The van der Waals surface area contributed by atoms with Crippen molar-refractivity contribution in [3.8, 4) is 66.8 Å². The molecule has 0 spiro atoms. The largest absolute Gasteiger partial charge is 0.417 e. The number of rotatable bonds is 6. The van der Waals surface area contributed by atoms with Crippen LogP contribution in [0.15, 0.2) is 158 Å². The molecule has 0 aliphatic heterocycles. The highest BCUT2D eigenvalue weighted by Crippen LogP contribution is 2.50. The Bertz CT molecular complexity index is 2360. The summed E-state index contributed by atoms with van der Waals surface area (Å²) in [5.41, 5.74) is 5.19. The van der Waals surface area contributed by atoms with Crippen molar-refractivity contribution in [2.45, 2.75) is 26.2 Å². The maximum Gasteiger partial charge on any atom is 0.417 e. The van der Waals surface area contributed by atoms with Crippen molar-refractivity contribution in [3.05, 3.63) is 180 Å². The fraction of sp³-hybridized carbons (Fsp3) is 0.0870. The van der Waals surface area contributed by atoms with E-state index in [0.717, 1.165) is 45.0 Å². The first kappa shape index (κ1) is 34.6. The fourth-order valence-electron chi connectivity index (χ4n) is 6.98. The summed E-state index contributed by atoms with van der Waals surface area (Å²) in [5.74, 6) is 0. The van der Waals surface area contributed by atoms with Gasteiger partial charge in [-0.2, -0.15) is 26.3 Å². The molecule has 52 heavy (non-hydrogen) atoms.